The molecule has 2 heterocycles. The Labute approximate surface area is 171 Å². The Morgan fingerprint density at radius 3 is 2.93 bits per heavy atom. The topological polar surface area (TPSA) is 92.5 Å². The van der Waals surface area contributed by atoms with E-state index in [1.54, 1.807) is 18.2 Å². The van der Waals surface area contributed by atoms with Crippen LogP contribution in [0.2, 0.25) is 0 Å². The number of imidazole rings is 1. The molecular weight excluding hydrogens is 388 g/mol. The van der Waals surface area contributed by atoms with E-state index in [4.69, 9.17) is 9.15 Å². The molecule has 2 N–H and O–H groups in total. The second-order valence-corrected chi connectivity index (χ2v) is 7.21. The minimum absolute atomic E-state index is 0.360. The summed E-state index contributed by atoms with van der Waals surface area (Å²) in [4.78, 5) is 20.0. The first-order valence-corrected chi connectivity index (χ1v) is 9.64. The summed E-state index contributed by atoms with van der Waals surface area (Å²) in [7, 11) is 1.53. The van der Waals surface area contributed by atoms with Gasteiger partial charge in [0.2, 0.25) is 0 Å². The Morgan fingerprint density at radius 2 is 2.10 bits per heavy atom. The first-order chi connectivity index (χ1) is 14.1. The van der Waals surface area contributed by atoms with E-state index in [0.29, 0.717) is 22.2 Å². The number of ether oxygens (including phenoxy) is 1. The zero-order valence-electron chi connectivity index (χ0n) is 15.8. The number of carbonyl (C=O) groups excluding carboxylic acids is 1. The van der Waals surface area contributed by atoms with Gasteiger partial charge in [-0.15, -0.1) is 0 Å². The van der Waals surface area contributed by atoms with Crippen molar-refractivity contribution in [2.75, 3.05) is 7.11 Å². The number of rotatable bonds is 6. The van der Waals surface area contributed by atoms with E-state index >= 15 is 0 Å². The molecule has 4 aromatic rings. The van der Waals surface area contributed by atoms with Gasteiger partial charge in [-0.25, -0.2) is 10.4 Å². The number of aromatic nitrogens is 2. The quantitative estimate of drug-likeness (QED) is 0.366. The van der Waals surface area contributed by atoms with Crippen molar-refractivity contribution in [3.8, 4) is 5.75 Å². The number of furan rings is 1. The lowest BCUT2D eigenvalue weighted by Gasteiger charge is -2.07. The molecule has 8 heteroatoms. The van der Waals surface area contributed by atoms with Crippen LogP contribution in [0.5, 0.6) is 5.75 Å². The number of carbonyl (C=O) groups is 1. The Hall–Kier alpha value is -3.52. The monoisotopic (exact) mass is 406 g/mol. The zero-order chi connectivity index (χ0) is 20.2. The zero-order valence-corrected chi connectivity index (χ0v) is 16.6. The first-order valence-electron chi connectivity index (χ1n) is 8.83. The highest BCUT2D eigenvalue weighted by atomic mass is 32.2. The Morgan fingerprint density at radius 1 is 1.24 bits per heavy atom. The largest absolute Gasteiger partial charge is 0.496 e. The fourth-order valence-corrected chi connectivity index (χ4v) is 3.50. The van der Waals surface area contributed by atoms with Crippen molar-refractivity contribution in [3.63, 3.8) is 0 Å². The molecule has 0 radical (unpaired) electrons. The smallest absolute Gasteiger partial charge is 0.275 e. The number of hydrogen-bond donors (Lipinski definition) is 2. The molecule has 0 fully saturated rings. The number of H-pyrrole nitrogens is 1. The molecule has 146 valence electrons. The molecular formula is C21H18N4O3S. The van der Waals surface area contributed by atoms with Crippen LogP contribution in [0.1, 0.15) is 21.7 Å². The third kappa shape index (κ3) is 4.33. The molecule has 0 saturated carbocycles. The summed E-state index contributed by atoms with van der Waals surface area (Å²) >= 11 is 1.38. The van der Waals surface area contributed by atoms with E-state index in [1.807, 2.05) is 43.3 Å². The molecule has 1 amide bonds. The van der Waals surface area contributed by atoms with Gasteiger partial charge in [0.15, 0.2) is 10.2 Å². The van der Waals surface area contributed by atoms with Crippen molar-refractivity contribution in [3.05, 3.63) is 71.5 Å². The van der Waals surface area contributed by atoms with E-state index in [0.717, 1.165) is 21.8 Å². The SMILES string of the molecule is COc1cc(C)ccc1C(=O)N/N=C\c1ccc(Sc2nc3ccccc3[nH]2)o1. The molecule has 0 spiro atoms. The highest BCUT2D eigenvalue weighted by Crippen LogP contribution is 2.28. The molecule has 0 bridgehead atoms. The van der Waals surface area contributed by atoms with Crippen molar-refractivity contribution in [2.45, 2.75) is 17.2 Å². The molecule has 2 aromatic carbocycles. The predicted molar refractivity (Wildman–Crippen MR) is 112 cm³/mol. The lowest BCUT2D eigenvalue weighted by Crippen LogP contribution is -2.18. The van der Waals surface area contributed by atoms with Crippen molar-refractivity contribution in [1.82, 2.24) is 15.4 Å². The summed E-state index contributed by atoms with van der Waals surface area (Å²) in [6.45, 7) is 1.93. The normalized spacial score (nSPS) is 11.2. The number of amides is 1. The van der Waals surface area contributed by atoms with Crippen molar-refractivity contribution < 1.29 is 13.9 Å². The lowest BCUT2D eigenvalue weighted by molar-refractivity contribution is 0.0952. The molecule has 0 unspecified atom stereocenters. The minimum atomic E-state index is -0.360. The van der Waals surface area contributed by atoms with E-state index in [2.05, 4.69) is 20.5 Å². The van der Waals surface area contributed by atoms with Gasteiger partial charge in [0.25, 0.3) is 5.91 Å². The van der Waals surface area contributed by atoms with Gasteiger partial charge in [-0.05, 0) is 60.6 Å². The van der Waals surface area contributed by atoms with Crippen molar-refractivity contribution >= 4 is 34.9 Å². The number of para-hydroxylation sites is 2. The maximum absolute atomic E-state index is 12.3. The van der Waals surface area contributed by atoms with Gasteiger partial charge in [0.05, 0.1) is 29.9 Å². The predicted octanol–water partition coefficient (Wildman–Crippen LogP) is 4.39. The van der Waals surface area contributed by atoms with Crippen LogP contribution in [0, 0.1) is 6.92 Å². The van der Waals surface area contributed by atoms with Crippen LogP contribution >= 0.6 is 11.8 Å². The molecule has 0 atom stereocenters. The number of aromatic amines is 1. The molecule has 0 saturated heterocycles. The van der Waals surface area contributed by atoms with Crippen molar-refractivity contribution in [1.29, 1.82) is 0 Å². The molecule has 0 aliphatic rings. The lowest BCUT2D eigenvalue weighted by atomic mass is 10.1. The van der Waals surface area contributed by atoms with Gasteiger partial charge in [-0.1, -0.05) is 18.2 Å². The fourth-order valence-electron chi connectivity index (χ4n) is 2.73. The number of fused-ring (bicyclic) bond motifs is 1. The minimum Gasteiger partial charge on any atom is -0.496 e. The maximum atomic E-state index is 12.3. The maximum Gasteiger partial charge on any atom is 0.275 e. The van der Waals surface area contributed by atoms with Crippen LogP contribution in [0.4, 0.5) is 0 Å². The van der Waals surface area contributed by atoms with Crippen LogP contribution < -0.4 is 10.2 Å². The average molecular weight is 406 g/mol. The molecule has 2 aromatic heterocycles. The average Bonchev–Trinajstić information content (AvgIpc) is 3.34. The molecule has 4 rings (SSSR count). The molecule has 0 aliphatic heterocycles. The summed E-state index contributed by atoms with van der Waals surface area (Å²) < 4.78 is 11.0. The van der Waals surface area contributed by atoms with Crippen LogP contribution in [0.15, 0.2) is 74.4 Å². The number of nitrogens with one attached hydrogen (secondary N) is 2. The summed E-state index contributed by atoms with van der Waals surface area (Å²) in [5.41, 5.74) is 5.77. The van der Waals surface area contributed by atoms with Gasteiger partial charge in [-0.3, -0.25) is 4.79 Å². The third-order valence-corrected chi connectivity index (χ3v) is 4.93. The van der Waals surface area contributed by atoms with Crippen LogP contribution in [0.3, 0.4) is 0 Å². The second-order valence-electron chi connectivity index (χ2n) is 6.22. The number of hydrazone groups is 1. The first kappa shape index (κ1) is 18.8. The van der Waals surface area contributed by atoms with E-state index in [-0.39, 0.29) is 5.91 Å². The third-order valence-electron chi connectivity index (χ3n) is 4.13. The number of nitrogens with zero attached hydrogens (tertiary/aromatic N) is 2. The summed E-state index contributed by atoms with van der Waals surface area (Å²) in [6.07, 6.45) is 1.45. The van der Waals surface area contributed by atoms with Gasteiger partial charge >= 0.3 is 0 Å². The fraction of sp³-hybridized carbons (Fsp3) is 0.0952. The number of benzene rings is 2. The summed E-state index contributed by atoms with van der Waals surface area (Å²) in [5, 5.41) is 5.37. The Balaban J connectivity index is 1.39. The van der Waals surface area contributed by atoms with E-state index in [1.165, 1.54) is 25.1 Å². The van der Waals surface area contributed by atoms with Gasteiger partial charge in [-0.2, -0.15) is 5.10 Å². The van der Waals surface area contributed by atoms with E-state index in [9.17, 15) is 4.79 Å². The molecule has 7 nitrogen and oxygen atoms in total. The molecule has 0 aliphatic carbocycles. The second kappa shape index (κ2) is 8.24. The highest BCUT2D eigenvalue weighted by molar-refractivity contribution is 7.99. The summed E-state index contributed by atoms with van der Waals surface area (Å²) in [5.74, 6) is 0.654. The summed E-state index contributed by atoms with van der Waals surface area (Å²) in [6, 6.07) is 16.8. The standard InChI is InChI=1S/C21H18N4O3S/c1-13-7-9-15(18(11-13)27-2)20(26)25-22-12-14-8-10-19(28-14)29-21-23-16-5-3-4-6-17(16)24-21/h3-12H,1-2H3,(H,23,24)(H,25,26)/b22-12-. The van der Waals surface area contributed by atoms with Crippen LogP contribution in [-0.4, -0.2) is 29.2 Å². The van der Waals surface area contributed by atoms with Gasteiger partial charge < -0.3 is 14.1 Å². The molecule has 29 heavy (non-hydrogen) atoms. The van der Waals surface area contributed by atoms with Gasteiger partial charge in [0, 0.05) is 0 Å². The Bertz CT molecular complexity index is 1160. The number of aryl methyl sites for hydroxylation is 1. The Kier molecular flexibility index (Phi) is 5.35. The van der Waals surface area contributed by atoms with Crippen LogP contribution in [-0.2, 0) is 0 Å². The van der Waals surface area contributed by atoms with Crippen molar-refractivity contribution in [2.24, 2.45) is 5.10 Å². The van der Waals surface area contributed by atoms with Crippen LogP contribution in [0.25, 0.3) is 11.0 Å². The van der Waals surface area contributed by atoms with Gasteiger partial charge in [0.1, 0.15) is 11.5 Å². The number of methoxy groups -OCH3 is 1. The highest BCUT2D eigenvalue weighted by Gasteiger charge is 2.12. The van der Waals surface area contributed by atoms with E-state index < -0.39 is 0 Å². The number of hydrogen-bond acceptors (Lipinski definition) is 6.